The van der Waals surface area contributed by atoms with Gasteiger partial charge in [0.15, 0.2) is 9.84 Å². The molecule has 7 heteroatoms. The fraction of sp³-hybridized carbons (Fsp3) is 0.273. The largest absolute Gasteiger partial charge is 0.478 e. The van der Waals surface area contributed by atoms with Crippen molar-refractivity contribution in [3.8, 4) is 0 Å². The number of hydrogen-bond donors (Lipinski definition) is 2. The van der Waals surface area contributed by atoms with Crippen LogP contribution in [-0.2, 0) is 14.6 Å². The van der Waals surface area contributed by atoms with E-state index in [1.807, 2.05) is 0 Å². The van der Waals surface area contributed by atoms with E-state index in [1.54, 1.807) is 0 Å². The molecule has 0 atom stereocenters. The molecule has 0 saturated heterocycles. The zero-order chi connectivity index (χ0) is 13.7. The van der Waals surface area contributed by atoms with Crippen LogP contribution in [0.15, 0.2) is 23.1 Å². The van der Waals surface area contributed by atoms with Crippen LogP contribution in [0.3, 0.4) is 0 Å². The predicted molar refractivity (Wildman–Crippen MR) is 63.3 cm³/mol. The molecule has 0 aliphatic carbocycles. The van der Waals surface area contributed by atoms with Gasteiger partial charge in [0, 0.05) is 0 Å². The molecule has 1 aromatic rings. The van der Waals surface area contributed by atoms with E-state index < -0.39 is 26.5 Å². The van der Waals surface area contributed by atoms with Gasteiger partial charge in [-0.05, 0) is 32.0 Å². The summed E-state index contributed by atoms with van der Waals surface area (Å²) in [5, 5.41) is 11.2. The highest BCUT2D eigenvalue weighted by molar-refractivity contribution is 7.94. The Labute approximate surface area is 104 Å². The first-order valence-corrected chi connectivity index (χ1v) is 6.59. The summed E-state index contributed by atoms with van der Waals surface area (Å²) in [7, 11) is -3.82. The van der Waals surface area contributed by atoms with Crippen LogP contribution in [0, 0.1) is 0 Å². The van der Waals surface area contributed by atoms with Crippen LogP contribution in [0.4, 0.5) is 5.69 Å². The van der Waals surface area contributed by atoms with E-state index in [0.29, 0.717) is 0 Å². The Morgan fingerprint density at radius 2 is 1.94 bits per heavy atom. The zero-order valence-electron chi connectivity index (χ0n) is 9.72. The maximum absolute atomic E-state index is 12.2. The first-order chi connectivity index (χ1) is 8.18. The second kappa shape index (κ2) is 3.55. The fourth-order valence-electron chi connectivity index (χ4n) is 1.66. The molecule has 1 amide bonds. The number of anilines is 1. The van der Waals surface area contributed by atoms with E-state index in [4.69, 9.17) is 5.11 Å². The average Bonchev–Trinajstić information content (AvgIpc) is 2.26. The normalized spacial score (nSPS) is 19.8. The lowest BCUT2D eigenvalue weighted by Crippen LogP contribution is -2.48. The van der Waals surface area contributed by atoms with Crippen molar-refractivity contribution in [2.45, 2.75) is 23.5 Å². The van der Waals surface area contributed by atoms with Gasteiger partial charge in [0.2, 0.25) is 5.91 Å². The number of hydrogen-bond acceptors (Lipinski definition) is 4. The summed E-state index contributed by atoms with van der Waals surface area (Å²) in [5.41, 5.74) is -0.0665. The number of amides is 1. The molecule has 1 aliphatic rings. The summed E-state index contributed by atoms with van der Waals surface area (Å²) < 4.78 is 22.9. The molecule has 96 valence electrons. The van der Waals surface area contributed by atoms with Gasteiger partial charge in [0.05, 0.1) is 16.1 Å². The molecule has 0 spiro atoms. The van der Waals surface area contributed by atoms with Crippen LogP contribution in [0.25, 0.3) is 0 Å². The molecule has 6 nitrogen and oxygen atoms in total. The van der Waals surface area contributed by atoms with Gasteiger partial charge in [0.1, 0.15) is 4.75 Å². The highest BCUT2D eigenvalue weighted by atomic mass is 32.2. The van der Waals surface area contributed by atoms with E-state index in [0.717, 1.165) is 6.07 Å². The zero-order valence-corrected chi connectivity index (χ0v) is 10.5. The van der Waals surface area contributed by atoms with Crippen molar-refractivity contribution in [1.82, 2.24) is 0 Å². The topological polar surface area (TPSA) is 101 Å². The Kier molecular flexibility index (Phi) is 2.48. The average molecular weight is 269 g/mol. The molecule has 2 N–H and O–H groups in total. The number of carbonyl (C=O) groups is 2. The molecule has 18 heavy (non-hydrogen) atoms. The molecule has 0 unspecified atom stereocenters. The van der Waals surface area contributed by atoms with Gasteiger partial charge in [-0.3, -0.25) is 4.79 Å². The second-order valence-corrected chi connectivity index (χ2v) is 6.95. The molecule has 0 fully saturated rings. The van der Waals surface area contributed by atoms with Crippen molar-refractivity contribution in [3.05, 3.63) is 23.8 Å². The second-order valence-electron chi connectivity index (χ2n) is 4.48. The summed E-state index contributed by atoms with van der Waals surface area (Å²) in [5.74, 6) is -1.85. The van der Waals surface area contributed by atoms with E-state index in [2.05, 4.69) is 5.32 Å². The number of nitrogens with one attached hydrogen (secondary N) is 1. The Morgan fingerprint density at radius 3 is 2.50 bits per heavy atom. The van der Waals surface area contributed by atoms with Crippen molar-refractivity contribution in [2.75, 3.05) is 5.32 Å². The van der Waals surface area contributed by atoms with Gasteiger partial charge in [0.25, 0.3) is 0 Å². The number of carbonyl (C=O) groups excluding carboxylic acids is 1. The van der Waals surface area contributed by atoms with Crippen LogP contribution < -0.4 is 5.32 Å². The Balaban J connectivity index is 2.72. The lowest BCUT2D eigenvalue weighted by atomic mass is 10.1. The Morgan fingerprint density at radius 1 is 1.33 bits per heavy atom. The van der Waals surface area contributed by atoms with Crippen LogP contribution in [0.5, 0.6) is 0 Å². The summed E-state index contributed by atoms with van der Waals surface area (Å²) in [6.45, 7) is 2.62. The SMILES string of the molecule is CC1(C)C(=O)Nc2cc(C(=O)O)ccc2S1(=O)=O. The maximum atomic E-state index is 12.2. The smallest absolute Gasteiger partial charge is 0.335 e. The predicted octanol–water partition coefficient (Wildman–Crippen LogP) is 0.889. The molecular formula is C11H11NO5S. The van der Waals surface area contributed by atoms with Crippen LogP contribution >= 0.6 is 0 Å². The highest BCUT2D eigenvalue weighted by Crippen LogP contribution is 2.36. The van der Waals surface area contributed by atoms with Crippen LogP contribution in [0.2, 0.25) is 0 Å². The fourth-order valence-corrected chi connectivity index (χ4v) is 3.16. The number of fused-ring (bicyclic) bond motifs is 1. The standard InChI is InChI=1S/C11H11NO5S/c1-11(2)10(15)12-7-5-6(9(13)14)3-4-8(7)18(11,16)17/h3-5H,1-2H3,(H,12,15)(H,13,14). The highest BCUT2D eigenvalue weighted by Gasteiger charge is 2.47. The third kappa shape index (κ3) is 1.51. The molecule has 1 aromatic carbocycles. The van der Waals surface area contributed by atoms with Gasteiger partial charge < -0.3 is 10.4 Å². The van der Waals surface area contributed by atoms with Gasteiger partial charge in [-0.25, -0.2) is 13.2 Å². The summed E-state index contributed by atoms with van der Waals surface area (Å²) in [4.78, 5) is 22.5. The quantitative estimate of drug-likeness (QED) is 0.788. The van der Waals surface area contributed by atoms with Gasteiger partial charge in [-0.15, -0.1) is 0 Å². The first kappa shape index (κ1) is 12.6. The molecule has 0 bridgehead atoms. The molecule has 2 rings (SSSR count). The molecule has 1 heterocycles. The summed E-state index contributed by atoms with van der Waals surface area (Å²) >= 11 is 0. The van der Waals surface area contributed by atoms with Gasteiger partial charge in [-0.2, -0.15) is 0 Å². The maximum Gasteiger partial charge on any atom is 0.335 e. The monoisotopic (exact) mass is 269 g/mol. The lowest BCUT2D eigenvalue weighted by molar-refractivity contribution is -0.118. The minimum atomic E-state index is -3.82. The van der Waals surface area contributed by atoms with E-state index in [1.165, 1.54) is 26.0 Å². The Bertz CT molecular complexity index is 660. The third-order valence-electron chi connectivity index (χ3n) is 2.98. The van der Waals surface area contributed by atoms with Crippen molar-refractivity contribution in [3.63, 3.8) is 0 Å². The number of sulfone groups is 1. The lowest BCUT2D eigenvalue weighted by Gasteiger charge is -2.30. The number of carboxylic acids is 1. The minimum absolute atomic E-state index is 0.0132. The molecule has 1 aliphatic heterocycles. The summed E-state index contributed by atoms with van der Waals surface area (Å²) in [6.07, 6.45) is 0. The molecular weight excluding hydrogens is 258 g/mol. The minimum Gasteiger partial charge on any atom is -0.478 e. The Hall–Kier alpha value is -1.89. The number of carboxylic acid groups (broad SMARTS) is 1. The number of benzene rings is 1. The van der Waals surface area contributed by atoms with Crippen LogP contribution in [0.1, 0.15) is 24.2 Å². The van der Waals surface area contributed by atoms with Crippen molar-refractivity contribution in [1.29, 1.82) is 0 Å². The van der Waals surface area contributed by atoms with E-state index in [-0.39, 0.29) is 16.1 Å². The van der Waals surface area contributed by atoms with Crippen molar-refractivity contribution < 1.29 is 23.1 Å². The summed E-state index contributed by atoms with van der Waals surface area (Å²) in [6, 6.07) is 3.55. The van der Waals surface area contributed by atoms with Crippen LogP contribution in [-0.4, -0.2) is 30.1 Å². The molecule has 0 radical (unpaired) electrons. The van der Waals surface area contributed by atoms with E-state index in [9.17, 15) is 18.0 Å². The number of rotatable bonds is 1. The number of aromatic carboxylic acids is 1. The van der Waals surface area contributed by atoms with Crippen molar-refractivity contribution >= 4 is 27.4 Å². The molecule has 0 saturated carbocycles. The van der Waals surface area contributed by atoms with Gasteiger partial charge in [-0.1, -0.05) is 0 Å². The van der Waals surface area contributed by atoms with E-state index >= 15 is 0 Å². The first-order valence-electron chi connectivity index (χ1n) is 5.11. The van der Waals surface area contributed by atoms with Crippen molar-refractivity contribution in [2.24, 2.45) is 0 Å². The molecule has 0 aromatic heterocycles. The third-order valence-corrected chi connectivity index (χ3v) is 5.45. The van der Waals surface area contributed by atoms with Gasteiger partial charge >= 0.3 is 5.97 Å².